The summed E-state index contributed by atoms with van der Waals surface area (Å²) in [5.74, 6) is -1.52. The number of methoxy groups -OCH3 is 2. The third-order valence-corrected chi connectivity index (χ3v) is 3.93. The molecule has 132 valence electrons. The molecule has 2 fully saturated rings. The van der Waals surface area contributed by atoms with Crippen LogP contribution in [0.5, 0.6) is 11.5 Å². The third kappa shape index (κ3) is 3.25. The number of anilines is 1. The van der Waals surface area contributed by atoms with Crippen molar-refractivity contribution in [2.24, 2.45) is 0 Å². The molecule has 0 unspecified atom stereocenters. The van der Waals surface area contributed by atoms with Gasteiger partial charge in [0.15, 0.2) is 0 Å². The molecule has 9 heteroatoms. The lowest BCUT2D eigenvalue weighted by atomic mass is 10.2. The number of amides is 5. The normalized spacial score (nSPS) is 17.1. The maximum absolute atomic E-state index is 12.2. The van der Waals surface area contributed by atoms with Crippen molar-refractivity contribution in [2.75, 3.05) is 26.1 Å². The molecule has 1 aromatic carbocycles. The number of rotatable bonds is 6. The first-order valence-electron chi connectivity index (χ1n) is 7.66. The zero-order chi connectivity index (χ0) is 18.1. The molecular formula is C16H17N3O6. The van der Waals surface area contributed by atoms with Gasteiger partial charge in [0.1, 0.15) is 18.0 Å². The molecule has 1 N–H and O–H groups in total. The van der Waals surface area contributed by atoms with Crippen LogP contribution in [0.4, 0.5) is 10.5 Å². The van der Waals surface area contributed by atoms with E-state index in [0.717, 1.165) is 4.90 Å². The lowest BCUT2D eigenvalue weighted by Crippen LogP contribution is -2.39. The highest BCUT2D eigenvalue weighted by Crippen LogP contribution is 2.31. The average molecular weight is 347 g/mol. The van der Waals surface area contributed by atoms with Crippen LogP contribution in [0.2, 0.25) is 0 Å². The van der Waals surface area contributed by atoms with Gasteiger partial charge in [-0.25, -0.2) is 9.69 Å². The minimum Gasteiger partial charge on any atom is -0.497 e. The maximum atomic E-state index is 12.2. The molecule has 1 heterocycles. The molecule has 0 radical (unpaired) electrons. The number of benzene rings is 1. The summed E-state index contributed by atoms with van der Waals surface area (Å²) >= 11 is 0. The van der Waals surface area contributed by atoms with E-state index in [-0.39, 0.29) is 6.04 Å². The number of nitrogens with one attached hydrogen (secondary N) is 1. The van der Waals surface area contributed by atoms with E-state index in [0.29, 0.717) is 34.9 Å². The highest BCUT2D eigenvalue weighted by atomic mass is 16.5. The molecule has 0 bridgehead atoms. The zero-order valence-corrected chi connectivity index (χ0v) is 13.8. The summed E-state index contributed by atoms with van der Waals surface area (Å²) in [5.41, 5.74) is 0.380. The Morgan fingerprint density at radius 2 is 1.68 bits per heavy atom. The molecule has 25 heavy (non-hydrogen) atoms. The predicted molar refractivity (Wildman–Crippen MR) is 85.2 cm³/mol. The second-order valence-electron chi connectivity index (χ2n) is 5.73. The number of urea groups is 1. The van der Waals surface area contributed by atoms with E-state index < -0.39 is 30.3 Å². The Labute approximate surface area is 143 Å². The van der Waals surface area contributed by atoms with Gasteiger partial charge in [-0.15, -0.1) is 0 Å². The summed E-state index contributed by atoms with van der Waals surface area (Å²) in [6, 6.07) is 3.80. The van der Waals surface area contributed by atoms with Gasteiger partial charge in [0.2, 0.25) is 5.91 Å². The van der Waals surface area contributed by atoms with Crippen LogP contribution >= 0.6 is 0 Å². The lowest BCUT2D eigenvalue weighted by Gasteiger charge is -2.15. The molecule has 0 atom stereocenters. The first-order chi connectivity index (χ1) is 11.9. The molecule has 3 rings (SSSR count). The monoisotopic (exact) mass is 347 g/mol. The predicted octanol–water partition coefficient (Wildman–Crippen LogP) is 0.595. The number of carbonyl (C=O) groups excluding carboxylic acids is 4. The Morgan fingerprint density at radius 3 is 2.20 bits per heavy atom. The van der Waals surface area contributed by atoms with Crippen LogP contribution in [0.1, 0.15) is 12.8 Å². The lowest BCUT2D eigenvalue weighted by molar-refractivity contribution is -0.143. The summed E-state index contributed by atoms with van der Waals surface area (Å²) in [5, 5.41) is 2.56. The van der Waals surface area contributed by atoms with Crippen LogP contribution in [0, 0.1) is 0 Å². The average Bonchev–Trinajstić information content (AvgIpc) is 3.40. The third-order valence-electron chi connectivity index (χ3n) is 3.93. The molecule has 5 amide bonds. The Balaban J connectivity index is 1.69. The van der Waals surface area contributed by atoms with Crippen LogP contribution in [0.25, 0.3) is 0 Å². The van der Waals surface area contributed by atoms with Crippen molar-refractivity contribution >= 4 is 29.4 Å². The fourth-order valence-corrected chi connectivity index (χ4v) is 2.54. The summed E-state index contributed by atoms with van der Waals surface area (Å²) in [6.45, 7) is -0.536. The van der Waals surface area contributed by atoms with Gasteiger partial charge in [-0.05, 0) is 12.8 Å². The highest BCUT2D eigenvalue weighted by Gasteiger charge is 2.51. The van der Waals surface area contributed by atoms with E-state index in [1.807, 2.05) is 0 Å². The molecule has 0 spiro atoms. The van der Waals surface area contributed by atoms with Crippen LogP contribution < -0.4 is 14.8 Å². The first kappa shape index (κ1) is 16.7. The summed E-state index contributed by atoms with van der Waals surface area (Å²) in [6.07, 6.45) is 1.38. The number of carbonyl (C=O) groups is 4. The number of imide groups is 2. The minimum absolute atomic E-state index is 0.223. The number of hydrogen-bond donors (Lipinski definition) is 1. The SMILES string of the molecule is COc1cc(NC(=O)CN2C(=O)C(=O)N(C3CC3)C2=O)cc(OC)c1. The van der Waals surface area contributed by atoms with E-state index in [4.69, 9.17) is 9.47 Å². The van der Waals surface area contributed by atoms with Gasteiger partial charge < -0.3 is 14.8 Å². The second kappa shape index (κ2) is 6.42. The molecule has 1 saturated carbocycles. The van der Waals surface area contributed by atoms with Crippen LogP contribution in [-0.4, -0.2) is 60.4 Å². The fraction of sp³-hybridized carbons (Fsp3) is 0.375. The Bertz CT molecular complexity index is 736. The maximum Gasteiger partial charge on any atom is 0.334 e. The number of hydrogen-bond acceptors (Lipinski definition) is 6. The van der Waals surface area contributed by atoms with Crippen molar-refractivity contribution in [3.05, 3.63) is 18.2 Å². The molecule has 1 saturated heterocycles. The summed E-state index contributed by atoms with van der Waals surface area (Å²) < 4.78 is 10.2. The Hall–Kier alpha value is -3.10. The standard InChI is InChI=1S/C16H17N3O6/c1-24-11-5-9(6-12(7-11)25-2)17-13(20)8-18-14(21)15(22)19(16(18)23)10-3-4-10/h5-7,10H,3-4,8H2,1-2H3,(H,17,20). The molecule has 2 aliphatic rings. The van der Waals surface area contributed by atoms with E-state index >= 15 is 0 Å². The largest absolute Gasteiger partial charge is 0.497 e. The molecule has 1 aromatic rings. The van der Waals surface area contributed by atoms with E-state index in [9.17, 15) is 19.2 Å². The molecule has 1 aliphatic carbocycles. The van der Waals surface area contributed by atoms with Crippen LogP contribution in [0.3, 0.4) is 0 Å². The number of nitrogens with zero attached hydrogens (tertiary/aromatic N) is 2. The van der Waals surface area contributed by atoms with Gasteiger partial charge in [0, 0.05) is 29.9 Å². The topological polar surface area (TPSA) is 105 Å². The van der Waals surface area contributed by atoms with Gasteiger partial charge >= 0.3 is 17.8 Å². The van der Waals surface area contributed by atoms with Gasteiger partial charge in [0.05, 0.1) is 14.2 Å². The molecule has 0 aromatic heterocycles. The Kier molecular flexibility index (Phi) is 4.30. The van der Waals surface area contributed by atoms with E-state index in [1.54, 1.807) is 18.2 Å². The van der Waals surface area contributed by atoms with Crippen molar-refractivity contribution < 1.29 is 28.7 Å². The smallest absolute Gasteiger partial charge is 0.334 e. The zero-order valence-electron chi connectivity index (χ0n) is 13.8. The van der Waals surface area contributed by atoms with E-state index in [2.05, 4.69) is 5.32 Å². The first-order valence-corrected chi connectivity index (χ1v) is 7.66. The van der Waals surface area contributed by atoms with Crippen molar-refractivity contribution in [3.8, 4) is 11.5 Å². The molecular weight excluding hydrogens is 330 g/mol. The quantitative estimate of drug-likeness (QED) is 0.597. The summed E-state index contributed by atoms with van der Waals surface area (Å²) in [7, 11) is 2.94. The molecule has 1 aliphatic heterocycles. The minimum atomic E-state index is -0.977. The van der Waals surface area contributed by atoms with Crippen molar-refractivity contribution in [1.29, 1.82) is 0 Å². The van der Waals surface area contributed by atoms with Gasteiger partial charge in [0.25, 0.3) is 0 Å². The van der Waals surface area contributed by atoms with Crippen LogP contribution in [-0.2, 0) is 14.4 Å². The van der Waals surface area contributed by atoms with Crippen molar-refractivity contribution in [2.45, 2.75) is 18.9 Å². The number of ether oxygens (including phenoxy) is 2. The van der Waals surface area contributed by atoms with Gasteiger partial charge in [-0.2, -0.15) is 0 Å². The highest BCUT2D eigenvalue weighted by molar-refractivity contribution is 6.45. The van der Waals surface area contributed by atoms with Crippen LogP contribution in [0.15, 0.2) is 18.2 Å². The van der Waals surface area contributed by atoms with Crippen molar-refractivity contribution in [1.82, 2.24) is 9.80 Å². The van der Waals surface area contributed by atoms with Gasteiger partial charge in [-0.1, -0.05) is 0 Å². The van der Waals surface area contributed by atoms with Gasteiger partial charge in [-0.3, -0.25) is 19.3 Å². The van der Waals surface area contributed by atoms with Crippen molar-refractivity contribution in [3.63, 3.8) is 0 Å². The fourth-order valence-electron chi connectivity index (χ4n) is 2.54. The molecule has 9 nitrogen and oxygen atoms in total. The van der Waals surface area contributed by atoms with E-state index in [1.165, 1.54) is 14.2 Å². The summed E-state index contributed by atoms with van der Waals surface area (Å²) in [4.78, 5) is 49.8. The second-order valence-corrected chi connectivity index (χ2v) is 5.73. The Morgan fingerprint density at radius 1 is 1.08 bits per heavy atom.